The highest BCUT2D eigenvalue weighted by Gasteiger charge is 2.37. The molecule has 0 spiro atoms. The average Bonchev–Trinajstić information content (AvgIpc) is 3.37. The molecule has 0 radical (unpaired) electrons. The summed E-state index contributed by atoms with van der Waals surface area (Å²) in [6.07, 6.45) is -15.0. The van der Waals surface area contributed by atoms with Crippen LogP contribution < -0.4 is 14.4 Å². The third kappa shape index (κ3) is 7.26. The van der Waals surface area contributed by atoms with Crippen LogP contribution in [0.25, 0.3) is 11.3 Å². The van der Waals surface area contributed by atoms with Gasteiger partial charge in [0.1, 0.15) is 17.2 Å². The predicted molar refractivity (Wildman–Crippen MR) is 133 cm³/mol. The van der Waals surface area contributed by atoms with Crippen molar-refractivity contribution in [1.82, 2.24) is 25.2 Å². The van der Waals surface area contributed by atoms with Crippen molar-refractivity contribution in [1.29, 1.82) is 0 Å². The average molecular weight is 620 g/mol. The van der Waals surface area contributed by atoms with Gasteiger partial charge in [-0.25, -0.2) is 4.98 Å². The lowest BCUT2D eigenvalue weighted by molar-refractivity contribution is -0.143. The first-order valence-electron chi connectivity index (χ1n) is 12.1. The normalized spacial score (nSPS) is 12.4. The minimum atomic E-state index is -5.10. The fourth-order valence-corrected chi connectivity index (χ4v) is 4.14. The molecular formula is C26H21F9N6O2. The Morgan fingerprint density at radius 3 is 1.93 bits per heavy atom. The molecule has 0 atom stereocenters. The lowest BCUT2D eigenvalue weighted by Gasteiger charge is -2.24. The molecular weight excluding hydrogens is 599 g/mol. The maximum absolute atomic E-state index is 13.7. The third-order valence-electron chi connectivity index (χ3n) is 6.09. The summed E-state index contributed by atoms with van der Waals surface area (Å²) in [7, 11) is 3.98. The van der Waals surface area contributed by atoms with E-state index in [1.165, 1.54) is 39.5 Å². The molecule has 0 N–H and O–H groups in total. The van der Waals surface area contributed by atoms with Crippen molar-refractivity contribution in [3.05, 3.63) is 76.5 Å². The van der Waals surface area contributed by atoms with Gasteiger partial charge >= 0.3 is 18.5 Å². The molecule has 0 bridgehead atoms. The van der Waals surface area contributed by atoms with Gasteiger partial charge in [-0.1, -0.05) is 11.2 Å². The van der Waals surface area contributed by atoms with E-state index in [9.17, 15) is 39.5 Å². The lowest BCUT2D eigenvalue weighted by Crippen LogP contribution is -2.25. The Morgan fingerprint density at radius 2 is 1.42 bits per heavy atom. The third-order valence-corrected chi connectivity index (χ3v) is 6.09. The first kappa shape index (κ1) is 31.4. The van der Waals surface area contributed by atoms with Gasteiger partial charge in [-0.3, -0.25) is 0 Å². The highest BCUT2D eigenvalue weighted by Crippen LogP contribution is 2.39. The van der Waals surface area contributed by atoms with Crippen LogP contribution in [0.5, 0.6) is 11.5 Å². The number of benzene rings is 2. The summed E-state index contributed by atoms with van der Waals surface area (Å²) in [6, 6.07) is 7.14. The van der Waals surface area contributed by atoms with Crippen LogP contribution in [0.2, 0.25) is 0 Å². The largest absolute Gasteiger partial charge is 0.497 e. The Labute approximate surface area is 237 Å². The van der Waals surface area contributed by atoms with Gasteiger partial charge in [0.2, 0.25) is 0 Å². The number of methoxy groups -OCH3 is 2. The number of ether oxygens (including phenoxy) is 2. The van der Waals surface area contributed by atoms with Gasteiger partial charge in [0.15, 0.2) is 0 Å². The highest BCUT2D eigenvalue weighted by atomic mass is 19.4. The number of alkyl halides is 9. The monoisotopic (exact) mass is 620 g/mol. The molecule has 0 unspecified atom stereocenters. The van der Waals surface area contributed by atoms with Gasteiger partial charge in [0, 0.05) is 18.7 Å². The Kier molecular flexibility index (Phi) is 8.46. The summed E-state index contributed by atoms with van der Waals surface area (Å²) < 4.78 is 133. The van der Waals surface area contributed by atoms with E-state index >= 15 is 0 Å². The summed E-state index contributed by atoms with van der Waals surface area (Å²) in [6.45, 7) is -1.03. The molecule has 17 heteroatoms. The zero-order valence-corrected chi connectivity index (χ0v) is 22.4. The van der Waals surface area contributed by atoms with Crippen LogP contribution in [0, 0.1) is 0 Å². The fraction of sp³-hybridized carbons (Fsp3) is 0.308. The van der Waals surface area contributed by atoms with Crippen LogP contribution in [0.15, 0.2) is 48.5 Å². The van der Waals surface area contributed by atoms with E-state index in [0.29, 0.717) is 18.2 Å². The highest BCUT2D eigenvalue weighted by molar-refractivity contribution is 5.72. The molecule has 0 fully saturated rings. The maximum Gasteiger partial charge on any atom is 0.433 e. The Balaban J connectivity index is 1.88. The van der Waals surface area contributed by atoms with Crippen molar-refractivity contribution in [3.63, 3.8) is 0 Å². The smallest absolute Gasteiger partial charge is 0.433 e. The second-order valence-corrected chi connectivity index (χ2v) is 9.12. The first-order valence-corrected chi connectivity index (χ1v) is 12.1. The standard InChI is InChI=1S/C26H21F9N6O2/c1-40-38-23(37-39-40)41(12-14-8-16(24(27,28)29)10-17(9-14)25(30,31)32)13-15-4-7-21(26(33,34)35)36-22(15)19-11-18(42-2)5-6-20(19)43-3/h4-11H,12-13H2,1-3H3. The molecule has 230 valence electrons. The summed E-state index contributed by atoms with van der Waals surface area (Å²) in [5, 5.41) is 11.5. The van der Waals surface area contributed by atoms with E-state index in [2.05, 4.69) is 20.4 Å². The van der Waals surface area contributed by atoms with Gasteiger partial charge in [-0.2, -0.15) is 44.3 Å². The molecule has 43 heavy (non-hydrogen) atoms. The quantitative estimate of drug-likeness (QED) is 0.207. The molecule has 4 aromatic rings. The first-order chi connectivity index (χ1) is 20.0. The molecule has 2 aromatic heterocycles. The Bertz CT molecular complexity index is 1570. The molecule has 0 amide bonds. The molecule has 0 aliphatic carbocycles. The minimum absolute atomic E-state index is 0.0125. The van der Waals surface area contributed by atoms with Gasteiger partial charge in [-0.05, 0) is 58.8 Å². The van der Waals surface area contributed by atoms with E-state index in [-0.39, 0.29) is 40.3 Å². The number of rotatable bonds is 8. The number of hydrogen-bond donors (Lipinski definition) is 0. The SMILES string of the molecule is COc1ccc(OC)c(-c2nc(C(F)(F)F)ccc2CN(Cc2cc(C(F)(F)F)cc(C(F)(F)F)c2)c2nnn(C)n2)c1. The summed E-state index contributed by atoms with van der Waals surface area (Å²) in [4.78, 5) is 5.95. The second-order valence-electron chi connectivity index (χ2n) is 9.12. The van der Waals surface area contributed by atoms with E-state index < -0.39 is 54.0 Å². The summed E-state index contributed by atoms with van der Waals surface area (Å²) in [5.41, 5.74) is -4.84. The van der Waals surface area contributed by atoms with Crippen LogP contribution >= 0.6 is 0 Å². The molecule has 0 saturated carbocycles. The summed E-state index contributed by atoms with van der Waals surface area (Å²) in [5.74, 6) is 0.139. The number of tetrazole rings is 1. The van der Waals surface area contributed by atoms with Crippen LogP contribution in [0.1, 0.15) is 27.9 Å². The van der Waals surface area contributed by atoms with Crippen molar-refractivity contribution in [2.75, 3.05) is 19.1 Å². The zero-order valence-electron chi connectivity index (χ0n) is 22.4. The van der Waals surface area contributed by atoms with Crippen LogP contribution in [-0.4, -0.2) is 39.4 Å². The lowest BCUT2D eigenvalue weighted by atomic mass is 10.0. The number of nitrogens with zero attached hydrogens (tertiary/aromatic N) is 6. The van der Waals surface area contributed by atoms with Gasteiger partial charge in [0.05, 0.1) is 38.1 Å². The van der Waals surface area contributed by atoms with Crippen molar-refractivity contribution >= 4 is 5.95 Å². The van der Waals surface area contributed by atoms with Crippen molar-refractivity contribution in [2.24, 2.45) is 7.05 Å². The van der Waals surface area contributed by atoms with Gasteiger partial charge in [0.25, 0.3) is 5.95 Å². The number of aromatic nitrogens is 5. The van der Waals surface area contributed by atoms with Crippen LogP contribution in [0.3, 0.4) is 0 Å². The fourth-order valence-electron chi connectivity index (χ4n) is 4.14. The maximum atomic E-state index is 13.7. The molecule has 2 heterocycles. The molecule has 0 aliphatic heterocycles. The van der Waals surface area contributed by atoms with Crippen molar-refractivity contribution in [2.45, 2.75) is 31.6 Å². The number of aryl methyl sites for hydroxylation is 1. The number of hydrogen-bond acceptors (Lipinski definition) is 7. The van der Waals surface area contributed by atoms with Crippen LogP contribution in [0.4, 0.5) is 45.5 Å². The molecule has 8 nitrogen and oxygen atoms in total. The van der Waals surface area contributed by atoms with Crippen LogP contribution in [-0.2, 0) is 38.7 Å². The molecule has 2 aromatic carbocycles. The predicted octanol–water partition coefficient (Wildman–Crippen LogP) is 6.55. The summed E-state index contributed by atoms with van der Waals surface area (Å²) >= 11 is 0. The molecule has 0 saturated heterocycles. The van der Waals surface area contributed by atoms with E-state index in [1.54, 1.807) is 0 Å². The Hall–Kier alpha value is -4.57. The van der Waals surface area contributed by atoms with Crippen molar-refractivity contribution < 1.29 is 49.0 Å². The van der Waals surface area contributed by atoms with Crippen molar-refractivity contribution in [3.8, 4) is 22.8 Å². The molecule has 4 rings (SSSR count). The Morgan fingerprint density at radius 1 is 0.767 bits per heavy atom. The number of pyridine rings is 1. The van der Waals surface area contributed by atoms with E-state index in [0.717, 1.165) is 15.8 Å². The van der Waals surface area contributed by atoms with E-state index in [1.807, 2.05) is 0 Å². The zero-order chi connectivity index (χ0) is 31.7. The van der Waals surface area contributed by atoms with Gasteiger partial charge in [-0.15, -0.1) is 5.10 Å². The van der Waals surface area contributed by atoms with E-state index in [4.69, 9.17) is 9.47 Å². The minimum Gasteiger partial charge on any atom is -0.497 e. The van der Waals surface area contributed by atoms with Gasteiger partial charge < -0.3 is 14.4 Å². The topological polar surface area (TPSA) is 78.2 Å². The molecule has 0 aliphatic rings. The number of anilines is 1. The number of halogens is 9. The second kappa shape index (κ2) is 11.6.